The molecule has 7 heteroatoms. The van der Waals surface area contributed by atoms with Gasteiger partial charge in [0.05, 0.1) is 39.6 Å². The summed E-state index contributed by atoms with van der Waals surface area (Å²) >= 11 is 0. The Hall–Kier alpha value is -2.71. The Morgan fingerprint density at radius 1 is 0.587 bits per heavy atom. The number of alkyl halides is 3. The molecule has 0 spiro atoms. The quantitative estimate of drug-likeness (QED) is 0.130. The zero-order valence-electron chi connectivity index (χ0n) is 27.4. The first-order valence-electron chi connectivity index (χ1n) is 16.9. The molecule has 0 saturated carbocycles. The molecule has 0 aromatic heterocycles. The molecule has 0 atom stereocenters. The van der Waals surface area contributed by atoms with Crippen molar-refractivity contribution in [2.24, 2.45) is 10.8 Å². The van der Waals surface area contributed by atoms with Gasteiger partial charge in [-0.05, 0) is 90.0 Å². The number of benzene rings is 3. The van der Waals surface area contributed by atoms with Gasteiger partial charge in [0.1, 0.15) is 0 Å². The van der Waals surface area contributed by atoms with E-state index in [9.17, 15) is 13.2 Å². The third-order valence-electron chi connectivity index (χ3n) is 9.72. The summed E-state index contributed by atoms with van der Waals surface area (Å²) in [6.45, 7) is 10.5. The van der Waals surface area contributed by atoms with E-state index in [1.165, 1.54) is 11.1 Å². The summed E-state index contributed by atoms with van der Waals surface area (Å²) in [6.07, 6.45) is 0.785. The van der Waals surface area contributed by atoms with Gasteiger partial charge in [0.15, 0.2) is 0 Å². The van der Waals surface area contributed by atoms with Crippen LogP contribution in [0.25, 0.3) is 22.3 Å². The minimum atomic E-state index is -4.20. The molecule has 2 aliphatic heterocycles. The first-order chi connectivity index (χ1) is 22.2. The minimum Gasteiger partial charge on any atom is -0.381 e. The predicted molar refractivity (Wildman–Crippen MR) is 177 cm³/mol. The van der Waals surface area contributed by atoms with E-state index >= 15 is 0 Å². The zero-order valence-corrected chi connectivity index (χ0v) is 27.4. The van der Waals surface area contributed by atoms with Crippen LogP contribution in [0.2, 0.25) is 0 Å². The third kappa shape index (κ3) is 9.66. The normalized spacial score (nSPS) is 17.0. The van der Waals surface area contributed by atoms with Gasteiger partial charge in [0.2, 0.25) is 0 Å². The fourth-order valence-corrected chi connectivity index (χ4v) is 6.08. The Kier molecular flexibility index (Phi) is 12.0. The van der Waals surface area contributed by atoms with Crippen molar-refractivity contribution in [3.8, 4) is 22.3 Å². The number of ether oxygens (including phenoxy) is 4. The average Bonchev–Trinajstić information content (AvgIpc) is 3.02. The molecule has 3 aromatic rings. The maximum Gasteiger partial charge on any atom is 0.389 e. The van der Waals surface area contributed by atoms with Crippen molar-refractivity contribution in [2.75, 3.05) is 52.9 Å². The lowest BCUT2D eigenvalue weighted by atomic mass is 9.84. The molecule has 46 heavy (non-hydrogen) atoms. The van der Waals surface area contributed by atoms with Crippen molar-refractivity contribution in [3.05, 3.63) is 83.4 Å². The lowest BCUT2D eigenvalue weighted by Crippen LogP contribution is -2.45. The summed E-state index contributed by atoms with van der Waals surface area (Å²) in [6, 6.07) is 22.7. The molecule has 0 amide bonds. The monoisotopic (exact) mass is 638 g/mol. The molecule has 0 unspecified atom stereocenters. The summed E-state index contributed by atoms with van der Waals surface area (Å²) in [5.74, 6) is 0. The second-order valence-electron chi connectivity index (χ2n) is 13.4. The summed E-state index contributed by atoms with van der Waals surface area (Å²) in [5.41, 5.74) is 7.41. The largest absolute Gasteiger partial charge is 0.389 e. The van der Waals surface area contributed by atoms with Gasteiger partial charge in [-0.25, -0.2) is 0 Å². The van der Waals surface area contributed by atoms with E-state index in [1.54, 1.807) is 0 Å². The summed E-state index contributed by atoms with van der Waals surface area (Å²) in [7, 11) is 0. The molecule has 2 heterocycles. The third-order valence-corrected chi connectivity index (χ3v) is 9.72. The molecular formula is C39H49F3O4. The highest BCUT2D eigenvalue weighted by atomic mass is 19.4. The lowest BCUT2D eigenvalue weighted by molar-refractivity contribution is -0.150. The highest BCUT2D eigenvalue weighted by Gasteiger charge is 2.37. The van der Waals surface area contributed by atoms with E-state index in [1.807, 2.05) is 12.1 Å². The van der Waals surface area contributed by atoms with E-state index in [-0.39, 0.29) is 17.3 Å². The fourth-order valence-electron chi connectivity index (χ4n) is 6.08. The standard InChI is InChI=1S/C39H49F3O4/c1-3-37(26-45-27-37)24-43-19-5-7-30-9-13-33(14-10-30)35-21-32(17-18-39(40,41)42)22-36(23-35)34-15-11-31(12-16-34)8-6-20-44-25-38(4-2)28-46-29-38/h9-16,21-23H,3-8,17-20,24-29H2,1-2H3. The summed E-state index contributed by atoms with van der Waals surface area (Å²) in [4.78, 5) is 0. The average molecular weight is 639 g/mol. The Balaban J connectivity index is 1.18. The molecule has 0 N–H and O–H groups in total. The Bertz CT molecular complexity index is 1250. The molecule has 0 bridgehead atoms. The van der Waals surface area contributed by atoms with Crippen LogP contribution in [0.3, 0.4) is 0 Å². The van der Waals surface area contributed by atoms with Crippen LogP contribution in [-0.4, -0.2) is 59.0 Å². The van der Waals surface area contributed by atoms with Crippen molar-refractivity contribution in [1.82, 2.24) is 0 Å². The number of aryl methyl sites for hydroxylation is 3. The smallest absolute Gasteiger partial charge is 0.381 e. The van der Waals surface area contributed by atoms with Gasteiger partial charge in [-0.15, -0.1) is 0 Å². The molecule has 2 fully saturated rings. The van der Waals surface area contributed by atoms with Crippen LogP contribution in [0.5, 0.6) is 0 Å². The SMILES string of the molecule is CCC1(COCCCc2ccc(-c3cc(CCC(F)(F)F)cc(-c4ccc(CCCOCC5(CC)COC5)cc4)c3)cc2)COC1. The maximum absolute atomic E-state index is 13.1. The van der Waals surface area contributed by atoms with Crippen LogP contribution < -0.4 is 0 Å². The Labute approximate surface area is 272 Å². The predicted octanol–water partition coefficient (Wildman–Crippen LogP) is 9.27. The van der Waals surface area contributed by atoms with Gasteiger partial charge in [-0.3, -0.25) is 0 Å². The molecule has 250 valence electrons. The van der Waals surface area contributed by atoms with Crippen LogP contribution in [0, 0.1) is 10.8 Å². The number of hydrogen-bond acceptors (Lipinski definition) is 4. The van der Waals surface area contributed by atoms with Crippen molar-refractivity contribution in [3.63, 3.8) is 0 Å². The topological polar surface area (TPSA) is 36.9 Å². The molecule has 0 aliphatic carbocycles. The Morgan fingerprint density at radius 2 is 1.02 bits per heavy atom. The van der Waals surface area contributed by atoms with Crippen LogP contribution >= 0.6 is 0 Å². The van der Waals surface area contributed by atoms with Crippen LogP contribution in [0.15, 0.2) is 66.7 Å². The maximum atomic E-state index is 13.1. The van der Waals surface area contributed by atoms with Crippen molar-refractivity contribution in [2.45, 2.75) is 71.4 Å². The van der Waals surface area contributed by atoms with Gasteiger partial charge in [-0.1, -0.05) is 74.5 Å². The van der Waals surface area contributed by atoms with Gasteiger partial charge in [0, 0.05) is 30.5 Å². The van der Waals surface area contributed by atoms with E-state index in [4.69, 9.17) is 18.9 Å². The molecule has 0 radical (unpaired) electrons. The molecule has 5 rings (SSSR count). The highest BCUT2D eigenvalue weighted by Crippen LogP contribution is 2.33. The van der Waals surface area contributed by atoms with Crippen LogP contribution in [-0.2, 0) is 38.2 Å². The fraction of sp³-hybridized carbons (Fsp3) is 0.538. The van der Waals surface area contributed by atoms with Crippen molar-refractivity contribution in [1.29, 1.82) is 0 Å². The molecule has 2 saturated heterocycles. The number of rotatable bonds is 18. The first-order valence-corrected chi connectivity index (χ1v) is 16.9. The van der Waals surface area contributed by atoms with Gasteiger partial charge in [-0.2, -0.15) is 13.2 Å². The van der Waals surface area contributed by atoms with Crippen molar-refractivity contribution < 1.29 is 32.1 Å². The second kappa shape index (κ2) is 15.9. The summed E-state index contributed by atoms with van der Waals surface area (Å²) in [5, 5.41) is 0. The molecular weight excluding hydrogens is 589 g/mol. The molecule has 3 aromatic carbocycles. The minimum absolute atomic E-state index is 0.0443. The van der Waals surface area contributed by atoms with E-state index < -0.39 is 12.6 Å². The van der Waals surface area contributed by atoms with E-state index in [2.05, 4.69) is 68.4 Å². The van der Waals surface area contributed by atoms with Gasteiger partial charge in [0.25, 0.3) is 0 Å². The molecule has 4 nitrogen and oxygen atoms in total. The van der Waals surface area contributed by atoms with Crippen LogP contribution in [0.4, 0.5) is 13.2 Å². The van der Waals surface area contributed by atoms with Crippen molar-refractivity contribution >= 4 is 0 Å². The number of hydrogen-bond donors (Lipinski definition) is 0. The van der Waals surface area contributed by atoms with E-state index in [0.29, 0.717) is 5.56 Å². The second-order valence-corrected chi connectivity index (χ2v) is 13.4. The number of halogens is 3. The summed E-state index contributed by atoms with van der Waals surface area (Å²) < 4.78 is 62.1. The van der Waals surface area contributed by atoms with Crippen LogP contribution in [0.1, 0.15) is 62.6 Å². The first kappa shape index (κ1) is 34.6. The van der Waals surface area contributed by atoms with Gasteiger partial charge < -0.3 is 18.9 Å². The zero-order chi connectivity index (χ0) is 32.5. The highest BCUT2D eigenvalue weighted by molar-refractivity contribution is 5.74. The van der Waals surface area contributed by atoms with E-state index in [0.717, 1.165) is 114 Å². The molecule has 2 aliphatic rings. The lowest BCUT2D eigenvalue weighted by Gasteiger charge is -2.40. The Morgan fingerprint density at radius 3 is 1.37 bits per heavy atom. The van der Waals surface area contributed by atoms with Gasteiger partial charge >= 0.3 is 6.18 Å².